The third-order valence-electron chi connectivity index (χ3n) is 3.18. The average Bonchev–Trinajstić information content (AvgIpc) is 2.49. The standard InChI is InChI=1S/C15H19N3O2/c1-19-11-7-10(8-12(9-11)20-2)15(18-17)13-5-3-4-6-14(13)16/h3-9,15,18H,16-17H2,1-2H3. The number of nitrogens with two attached hydrogens (primary N) is 2. The molecule has 0 aromatic heterocycles. The Kier molecular flexibility index (Phi) is 4.45. The van der Waals surface area contributed by atoms with E-state index in [0.29, 0.717) is 17.2 Å². The lowest BCUT2D eigenvalue weighted by atomic mass is 9.97. The number of methoxy groups -OCH3 is 2. The van der Waals surface area contributed by atoms with E-state index < -0.39 is 0 Å². The Hall–Kier alpha value is -2.24. The average molecular weight is 273 g/mol. The number of benzene rings is 2. The van der Waals surface area contributed by atoms with Crippen LogP contribution in [0.5, 0.6) is 11.5 Å². The summed E-state index contributed by atoms with van der Waals surface area (Å²) >= 11 is 0. The predicted molar refractivity (Wildman–Crippen MR) is 79.6 cm³/mol. The molecule has 0 saturated carbocycles. The zero-order valence-electron chi connectivity index (χ0n) is 11.6. The highest BCUT2D eigenvalue weighted by Gasteiger charge is 2.16. The molecule has 20 heavy (non-hydrogen) atoms. The lowest BCUT2D eigenvalue weighted by molar-refractivity contribution is 0.392. The van der Waals surface area contributed by atoms with Crippen molar-refractivity contribution in [1.82, 2.24) is 5.43 Å². The van der Waals surface area contributed by atoms with E-state index in [1.807, 2.05) is 42.5 Å². The Morgan fingerprint density at radius 2 is 1.60 bits per heavy atom. The summed E-state index contributed by atoms with van der Waals surface area (Å²) in [6.07, 6.45) is 0. The first kappa shape index (κ1) is 14.2. The van der Waals surface area contributed by atoms with Gasteiger partial charge in [-0.1, -0.05) is 18.2 Å². The minimum Gasteiger partial charge on any atom is -0.497 e. The summed E-state index contributed by atoms with van der Waals surface area (Å²) in [6.45, 7) is 0. The van der Waals surface area contributed by atoms with Crippen molar-refractivity contribution >= 4 is 5.69 Å². The van der Waals surface area contributed by atoms with Gasteiger partial charge in [-0.25, -0.2) is 5.43 Å². The number of hydrogen-bond acceptors (Lipinski definition) is 5. The monoisotopic (exact) mass is 273 g/mol. The first-order chi connectivity index (χ1) is 9.69. The van der Waals surface area contributed by atoms with Crippen molar-refractivity contribution in [3.05, 3.63) is 53.6 Å². The van der Waals surface area contributed by atoms with Gasteiger partial charge in [0.1, 0.15) is 11.5 Å². The highest BCUT2D eigenvalue weighted by molar-refractivity contribution is 5.52. The predicted octanol–water partition coefficient (Wildman–Crippen LogP) is 1.84. The molecular formula is C15H19N3O2. The summed E-state index contributed by atoms with van der Waals surface area (Å²) in [5, 5.41) is 0. The molecule has 0 bridgehead atoms. The van der Waals surface area contributed by atoms with Gasteiger partial charge in [0.05, 0.1) is 20.3 Å². The number of anilines is 1. The molecule has 0 spiro atoms. The third-order valence-corrected chi connectivity index (χ3v) is 3.18. The minimum absolute atomic E-state index is 0.236. The first-order valence-corrected chi connectivity index (χ1v) is 6.23. The van der Waals surface area contributed by atoms with Crippen LogP contribution in [0.3, 0.4) is 0 Å². The molecule has 0 amide bonds. The Bertz CT molecular complexity index is 565. The summed E-state index contributed by atoms with van der Waals surface area (Å²) in [4.78, 5) is 0. The lowest BCUT2D eigenvalue weighted by Crippen LogP contribution is -2.29. The quantitative estimate of drug-likeness (QED) is 0.440. The van der Waals surface area contributed by atoms with E-state index >= 15 is 0 Å². The molecule has 0 aliphatic heterocycles. The van der Waals surface area contributed by atoms with Crippen LogP contribution < -0.4 is 26.5 Å². The Labute approximate surface area is 118 Å². The second kappa shape index (κ2) is 6.27. The number of hydrogen-bond donors (Lipinski definition) is 3. The lowest BCUT2D eigenvalue weighted by Gasteiger charge is -2.20. The molecule has 0 heterocycles. The van der Waals surface area contributed by atoms with Crippen LogP contribution in [0.15, 0.2) is 42.5 Å². The highest BCUT2D eigenvalue weighted by atomic mass is 16.5. The van der Waals surface area contributed by atoms with Crippen molar-refractivity contribution < 1.29 is 9.47 Å². The molecule has 106 valence electrons. The number of nitrogen functional groups attached to an aromatic ring is 1. The highest BCUT2D eigenvalue weighted by Crippen LogP contribution is 2.31. The third kappa shape index (κ3) is 2.84. The number of nitrogens with one attached hydrogen (secondary N) is 1. The molecule has 1 unspecified atom stereocenters. The summed E-state index contributed by atoms with van der Waals surface area (Å²) < 4.78 is 10.6. The van der Waals surface area contributed by atoms with Gasteiger partial charge >= 0.3 is 0 Å². The summed E-state index contributed by atoms with van der Waals surface area (Å²) in [6, 6.07) is 13.0. The Morgan fingerprint density at radius 1 is 1.00 bits per heavy atom. The summed E-state index contributed by atoms with van der Waals surface area (Å²) in [5.41, 5.74) is 11.3. The van der Waals surface area contributed by atoms with E-state index in [-0.39, 0.29) is 6.04 Å². The van der Waals surface area contributed by atoms with Crippen molar-refractivity contribution in [1.29, 1.82) is 0 Å². The molecule has 0 radical (unpaired) electrons. The van der Waals surface area contributed by atoms with Crippen LogP contribution in [0.4, 0.5) is 5.69 Å². The molecule has 0 fully saturated rings. The van der Waals surface area contributed by atoms with E-state index in [1.54, 1.807) is 14.2 Å². The Morgan fingerprint density at radius 3 is 2.10 bits per heavy atom. The van der Waals surface area contributed by atoms with E-state index in [9.17, 15) is 0 Å². The van der Waals surface area contributed by atoms with Crippen LogP contribution >= 0.6 is 0 Å². The van der Waals surface area contributed by atoms with Crippen molar-refractivity contribution in [3.63, 3.8) is 0 Å². The number of ether oxygens (including phenoxy) is 2. The zero-order chi connectivity index (χ0) is 14.5. The van der Waals surface area contributed by atoms with Gasteiger partial charge in [-0.05, 0) is 29.3 Å². The van der Waals surface area contributed by atoms with Crippen molar-refractivity contribution in [2.75, 3.05) is 20.0 Å². The molecule has 2 aromatic carbocycles. The fraction of sp³-hybridized carbons (Fsp3) is 0.200. The fourth-order valence-electron chi connectivity index (χ4n) is 2.14. The Balaban J connectivity index is 2.49. The van der Waals surface area contributed by atoms with Crippen LogP contribution in [0.25, 0.3) is 0 Å². The maximum atomic E-state index is 6.02. The molecule has 5 heteroatoms. The molecule has 5 nitrogen and oxygen atoms in total. The van der Waals surface area contributed by atoms with E-state index in [1.165, 1.54) is 0 Å². The molecule has 1 atom stereocenters. The SMILES string of the molecule is COc1cc(OC)cc(C(NN)c2ccccc2N)c1. The molecule has 2 rings (SSSR count). The first-order valence-electron chi connectivity index (χ1n) is 6.23. The van der Waals surface area contributed by atoms with Crippen molar-refractivity contribution in [3.8, 4) is 11.5 Å². The van der Waals surface area contributed by atoms with E-state index in [4.69, 9.17) is 21.1 Å². The number of hydrazine groups is 1. The normalized spacial score (nSPS) is 11.9. The van der Waals surface area contributed by atoms with E-state index in [0.717, 1.165) is 11.1 Å². The van der Waals surface area contributed by atoms with Gasteiger partial charge < -0.3 is 15.2 Å². The minimum atomic E-state index is -0.236. The number of rotatable bonds is 5. The second-order valence-electron chi connectivity index (χ2n) is 4.37. The fourth-order valence-corrected chi connectivity index (χ4v) is 2.14. The van der Waals surface area contributed by atoms with Gasteiger partial charge in [0.2, 0.25) is 0 Å². The van der Waals surface area contributed by atoms with Crippen molar-refractivity contribution in [2.45, 2.75) is 6.04 Å². The summed E-state index contributed by atoms with van der Waals surface area (Å²) in [5.74, 6) is 7.11. The van der Waals surface area contributed by atoms with Crippen LogP contribution in [-0.2, 0) is 0 Å². The van der Waals surface area contributed by atoms with Gasteiger partial charge in [0.25, 0.3) is 0 Å². The van der Waals surface area contributed by atoms with Crippen LogP contribution in [0.2, 0.25) is 0 Å². The van der Waals surface area contributed by atoms with Gasteiger partial charge in [-0.2, -0.15) is 0 Å². The van der Waals surface area contributed by atoms with E-state index in [2.05, 4.69) is 5.43 Å². The number of para-hydroxylation sites is 1. The maximum Gasteiger partial charge on any atom is 0.122 e. The maximum absolute atomic E-state index is 6.02. The smallest absolute Gasteiger partial charge is 0.122 e. The van der Waals surface area contributed by atoms with Crippen LogP contribution in [-0.4, -0.2) is 14.2 Å². The van der Waals surface area contributed by atoms with Gasteiger partial charge in [-0.15, -0.1) is 0 Å². The topological polar surface area (TPSA) is 82.5 Å². The van der Waals surface area contributed by atoms with Gasteiger partial charge in [-0.3, -0.25) is 5.84 Å². The second-order valence-corrected chi connectivity index (χ2v) is 4.37. The van der Waals surface area contributed by atoms with Crippen LogP contribution in [0.1, 0.15) is 17.2 Å². The molecule has 5 N–H and O–H groups in total. The van der Waals surface area contributed by atoms with Crippen molar-refractivity contribution in [2.24, 2.45) is 5.84 Å². The zero-order valence-corrected chi connectivity index (χ0v) is 11.6. The van der Waals surface area contributed by atoms with Gasteiger partial charge in [0, 0.05) is 11.8 Å². The summed E-state index contributed by atoms with van der Waals surface area (Å²) in [7, 11) is 3.22. The molecular weight excluding hydrogens is 254 g/mol. The molecule has 0 aliphatic rings. The largest absolute Gasteiger partial charge is 0.497 e. The molecule has 2 aromatic rings. The molecule has 0 aliphatic carbocycles. The molecule has 0 saturated heterocycles. The van der Waals surface area contributed by atoms with Crippen LogP contribution in [0, 0.1) is 0 Å². The van der Waals surface area contributed by atoms with Gasteiger partial charge in [0.15, 0.2) is 0 Å².